The minimum Gasteiger partial charge on any atom is -0.340 e. The third kappa shape index (κ3) is 4.95. The lowest BCUT2D eigenvalue weighted by atomic mass is 9.97. The number of aromatic nitrogens is 1. The van der Waals surface area contributed by atoms with E-state index in [4.69, 9.17) is 0 Å². The number of benzene rings is 3. The normalized spacial score (nSPS) is 14.5. The molecule has 0 saturated heterocycles. The number of sulfonamides is 1. The van der Waals surface area contributed by atoms with Crippen molar-refractivity contribution in [2.45, 2.75) is 31.7 Å². The molecular weight excluding hydrogens is 489 g/mol. The zero-order valence-electron chi connectivity index (χ0n) is 20.7. The van der Waals surface area contributed by atoms with Gasteiger partial charge >= 0.3 is 0 Å². The fraction of sp³-hybridized carbons (Fsp3) is 0.207. The molecule has 5 rings (SSSR count). The summed E-state index contributed by atoms with van der Waals surface area (Å²) in [4.78, 5) is 11.4. The van der Waals surface area contributed by atoms with Gasteiger partial charge in [-0.25, -0.2) is 12.8 Å². The SMILES string of the molecule is CC(=O)Nc1ccc(S(=O)(=O)N2CC=C(c3c(C)n(Cc4ccc(F)cc4)c4ccccc34)CC2)cc1. The average Bonchev–Trinajstić information content (AvgIpc) is 3.16. The smallest absolute Gasteiger partial charge is 0.243 e. The maximum Gasteiger partial charge on any atom is 0.243 e. The van der Waals surface area contributed by atoms with Gasteiger partial charge < -0.3 is 9.88 Å². The Bertz CT molecular complexity index is 1600. The largest absolute Gasteiger partial charge is 0.340 e. The van der Waals surface area contributed by atoms with Crippen LogP contribution in [0.5, 0.6) is 0 Å². The topological polar surface area (TPSA) is 71.4 Å². The zero-order valence-corrected chi connectivity index (χ0v) is 21.6. The van der Waals surface area contributed by atoms with E-state index in [-0.39, 0.29) is 23.2 Å². The lowest BCUT2D eigenvalue weighted by molar-refractivity contribution is -0.114. The highest BCUT2D eigenvalue weighted by atomic mass is 32.2. The number of anilines is 1. The standard InChI is InChI=1S/C29H28FN3O3S/c1-20-29(27-5-3-4-6-28(27)33(20)19-22-7-9-24(30)10-8-22)23-15-17-32(18-16-23)37(35,36)26-13-11-25(12-14-26)31-21(2)34/h3-15H,16-19H2,1-2H3,(H,31,34). The predicted octanol–water partition coefficient (Wildman–Crippen LogP) is 5.57. The second kappa shape index (κ2) is 9.95. The zero-order chi connectivity index (χ0) is 26.2. The van der Waals surface area contributed by atoms with Crippen LogP contribution >= 0.6 is 0 Å². The number of rotatable bonds is 6. The van der Waals surface area contributed by atoms with Crippen molar-refractivity contribution in [3.05, 3.63) is 102 Å². The van der Waals surface area contributed by atoms with Gasteiger partial charge in [-0.2, -0.15) is 4.31 Å². The molecule has 0 fully saturated rings. The van der Waals surface area contributed by atoms with Gasteiger partial charge in [0.25, 0.3) is 0 Å². The third-order valence-electron chi connectivity index (χ3n) is 6.79. The molecule has 1 N–H and O–H groups in total. The average molecular weight is 518 g/mol. The molecule has 0 aliphatic carbocycles. The van der Waals surface area contributed by atoms with Crippen molar-refractivity contribution in [1.29, 1.82) is 0 Å². The third-order valence-corrected chi connectivity index (χ3v) is 8.67. The van der Waals surface area contributed by atoms with Gasteiger partial charge in [0.15, 0.2) is 0 Å². The Morgan fingerprint density at radius 1 is 1.00 bits per heavy atom. The fourth-order valence-corrected chi connectivity index (χ4v) is 6.35. The molecule has 6 nitrogen and oxygen atoms in total. The first-order valence-corrected chi connectivity index (χ1v) is 13.6. The number of para-hydroxylation sites is 1. The van der Waals surface area contributed by atoms with Crippen LogP contribution in [0.25, 0.3) is 16.5 Å². The molecule has 0 atom stereocenters. The van der Waals surface area contributed by atoms with E-state index in [1.54, 1.807) is 24.3 Å². The predicted molar refractivity (Wildman–Crippen MR) is 144 cm³/mol. The van der Waals surface area contributed by atoms with Gasteiger partial charge in [-0.1, -0.05) is 36.4 Å². The number of amides is 1. The summed E-state index contributed by atoms with van der Waals surface area (Å²) in [6, 6.07) is 21.0. The van der Waals surface area contributed by atoms with Gasteiger partial charge in [-0.05, 0) is 66.9 Å². The Labute approximate surface area is 216 Å². The van der Waals surface area contributed by atoms with Crippen molar-refractivity contribution < 1.29 is 17.6 Å². The molecule has 2 heterocycles. The highest BCUT2D eigenvalue weighted by molar-refractivity contribution is 7.89. The van der Waals surface area contributed by atoms with Crippen LogP contribution in [-0.4, -0.2) is 36.3 Å². The van der Waals surface area contributed by atoms with Crippen molar-refractivity contribution in [3.8, 4) is 0 Å². The van der Waals surface area contributed by atoms with E-state index < -0.39 is 10.0 Å². The number of hydrogen-bond donors (Lipinski definition) is 1. The van der Waals surface area contributed by atoms with E-state index in [1.165, 1.54) is 35.5 Å². The Morgan fingerprint density at radius 3 is 2.35 bits per heavy atom. The van der Waals surface area contributed by atoms with E-state index >= 15 is 0 Å². The Kier molecular flexibility index (Phi) is 6.70. The summed E-state index contributed by atoms with van der Waals surface area (Å²) >= 11 is 0. The van der Waals surface area contributed by atoms with Gasteiger partial charge in [-0.3, -0.25) is 4.79 Å². The molecule has 190 valence electrons. The first kappa shape index (κ1) is 24.9. The van der Waals surface area contributed by atoms with E-state index in [0.29, 0.717) is 25.2 Å². The monoisotopic (exact) mass is 517 g/mol. The van der Waals surface area contributed by atoms with Crippen molar-refractivity contribution in [2.24, 2.45) is 0 Å². The molecule has 1 aromatic heterocycles. The second-order valence-electron chi connectivity index (χ2n) is 9.24. The molecule has 1 aliphatic heterocycles. The summed E-state index contributed by atoms with van der Waals surface area (Å²) in [6.07, 6.45) is 2.60. The van der Waals surface area contributed by atoms with Crippen LogP contribution in [0.3, 0.4) is 0 Å². The number of halogens is 1. The molecular formula is C29H28FN3O3S. The Morgan fingerprint density at radius 2 is 1.70 bits per heavy atom. The van der Waals surface area contributed by atoms with Crippen LogP contribution < -0.4 is 5.32 Å². The number of hydrogen-bond acceptors (Lipinski definition) is 3. The molecule has 0 spiro atoms. The summed E-state index contributed by atoms with van der Waals surface area (Å²) < 4.78 is 43.6. The molecule has 0 unspecified atom stereocenters. The first-order valence-electron chi connectivity index (χ1n) is 12.1. The van der Waals surface area contributed by atoms with Crippen LogP contribution in [0.2, 0.25) is 0 Å². The molecule has 4 aromatic rings. The number of fused-ring (bicyclic) bond motifs is 1. The fourth-order valence-electron chi connectivity index (χ4n) is 4.97. The lowest BCUT2D eigenvalue weighted by Gasteiger charge is -2.26. The Balaban J connectivity index is 1.42. The number of carbonyl (C=O) groups excluding carboxylic acids is 1. The van der Waals surface area contributed by atoms with Gasteiger partial charge in [0, 0.05) is 54.4 Å². The van der Waals surface area contributed by atoms with Crippen molar-refractivity contribution in [2.75, 3.05) is 18.4 Å². The highest BCUT2D eigenvalue weighted by Gasteiger charge is 2.28. The van der Waals surface area contributed by atoms with E-state index in [9.17, 15) is 17.6 Å². The minimum absolute atomic E-state index is 0.200. The summed E-state index contributed by atoms with van der Waals surface area (Å²) in [5.74, 6) is -0.465. The highest BCUT2D eigenvalue weighted by Crippen LogP contribution is 2.36. The quantitative estimate of drug-likeness (QED) is 0.363. The maximum absolute atomic E-state index is 13.4. The van der Waals surface area contributed by atoms with E-state index in [2.05, 4.69) is 28.9 Å². The van der Waals surface area contributed by atoms with Crippen LogP contribution in [0, 0.1) is 12.7 Å². The van der Waals surface area contributed by atoms with Crippen LogP contribution in [0.1, 0.15) is 30.2 Å². The Hall–Kier alpha value is -3.75. The van der Waals surface area contributed by atoms with Crippen molar-refractivity contribution in [1.82, 2.24) is 8.87 Å². The molecule has 3 aromatic carbocycles. The molecule has 0 radical (unpaired) electrons. The number of nitrogens with one attached hydrogen (secondary N) is 1. The van der Waals surface area contributed by atoms with Gasteiger partial charge in [-0.15, -0.1) is 0 Å². The summed E-state index contributed by atoms with van der Waals surface area (Å²) in [5, 5.41) is 3.77. The summed E-state index contributed by atoms with van der Waals surface area (Å²) in [6.45, 7) is 4.76. The van der Waals surface area contributed by atoms with Crippen molar-refractivity contribution in [3.63, 3.8) is 0 Å². The van der Waals surface area contributed by atoms with Gasteiger partial charge in [0.2, 0.25) is 15.9 Å². The van der Waals surface area contributed by atoms with Gasteiger partial charge in [0.05, 0.1) is 4.90 Å². The van der Waals surface area contributed by atoms with E-state index in [0.717, 1.165) is 33.3 Å². The molecule has 0 saturated carbocycles. The van der Waals surface area contributed by atoms with Crippen LogP contribution in [0.15, 0.2) is 83.8 Å². The molecule has 0 bridgehead atoms. The van der Waals surface area contributed by atoms with E-state index in [1.807, 2.05) is 18.2 Å². The molecule has 37 heavy (non-hydrogen) atoms. The first-order chi connectivity index (χ1) is 17.7. The maximum atomic E-state index is 13.4. The van der Waals surface area contributed by atoms with Crippen molar-refractivity contribution >= 4 is 38.1 Å². The second-order valence-corrected chi connectivity index (χ2v) is 11.2. The minimum atomic E-state index is -3.66. The molecule has 8 heteroatoms. The lowest BCUT2D eigenvalue weighted by Crippen LogP contribution is -2.34. The van der Waals surface area contributed by atoms with Gasteiger partial charge in [0.1, 0.15) is 5.82 Å². The molecule has 1 aliphatic rings. The van der Waals surface area contributed by atoms with Crippen LogP contribution in [-0.2, 0) is 21.4 Å². The number of nitrogens with zero attached hydrogens (tertiary/aromatic N) is 2. The summed E-state index contributed by atoms with van der Waals surface area (Å²) in [5.41, 5.74) is 6.01. The van der Waals surface area contributed by atoms with Crippen LogP contribution in [0.4, 0.5) is 10.1 Å². The summed E-state index contributed by atoms with van der Waals surface area (Å²) in [7, 11) is -3.66. The number of carbonyl (C=O) groups is 1. The molecule has 1 amide bonds.